The van der Waals surface area contributed by atoms with Gasteiger partial charge in [0, 0.05) is 17.3 Å². The molecule has 1 heterocycles. The molecule has 0 unspecified atom stereocenters. The molecule has 2 N–H and O–H groups in total. The summed E-state index contributed by atoms with van der Waals surface area (Å²) in [6, 6.07) is 7.97. The van der Waals surface area contributed by atoms with Gasteiger partial charge in [-0.15, -0.1) is 35.3 Å². The van der Waals surface area contributed by atoms with E-state index in [1.807, 2.05) is 24.3 Å². The third-order valence-electron chi connectivity index (χ3n) is 3.55. The number of hydrogen-bond donors (Lipinski definition) is 2. The smallest absolute Gasteiger partial charge is 0.191 e. The summed E-state index contributed by atoms with van der Waals surface area (Å²) in [7, 11) is 1.67. The number of nitrogens with zero attached hydrogens (tertiary/aromatic N) is 2. The van der Waals surface area contributed by atoms with Gasteiger partial charge in [-0.05, 0) is 24.6 Å². The van der Waals surface area contributed by atoms with Gasteiger partial charge >= 0.3 is 0 Å². The predicted molar refractivity (Wildman–Crippen MR) is 121 cm³/mol. The standard InChI is InChI=1S/C19H28N4OS.HI/c1-6-20-18(21-11-14-7-9-16(24-5)10-8-14)22-12-15-13-25-17(23-15)19(2,3)4;/h7-10,13H,6,11-12H2,1-5H3,(H2,20,21,22);1H. The number of aliphatic imine (C=N–C) groups is 1. The summed E-state index contributed by atoms with van der Waals surface area (Å²) < 4.78 is 5.18. The van der Waals surface area contributed by atoms with Crippen LogP contribution in [-0.4, -0.2) is 24.6 Å². The molecule has 7 heteroatoms. The quantitative estimate of drug-likeness (QED) is 0.361. The summed E-state index contributed by atoms with van der Waals surface area (Å²) in [4.78, 5) is 9.35. The molecule has 0 radical (unpaired) electrons. The Morgan fingerprint density at radius 1 is 1.19 bits per heavy atom. The molecule has 0 aliphatic carbocycles. The summed E-state index contributed by atoms with van der Waals surface area (Å²) in [5.41, 5.74) is 2.28. The molecule has 0 saturated heterocycles. The monoisotopic (exact) mass is 488 g/mol. The van der Waals surface area contributed by atoms with Crippen molar-refractivity contribution in [1.82, 2.24) is 15.6 Å². The maximum atomic E-state index is 5.18. The highest BCUT2D eigenvalue weighted by molar-refractivity contribution is 14.0. The van der Waals surface area contributed by atoms with Crippen molar-refractivity contribution in [3.05, 3.63) is 45.9 Å². The Morgan fingerprint density at radius 2 is 1.88 bits per heavy atom. The van der Waals surface area contributed by atoms with Gasteiger partial charge in [0.05, 0.1) is 30.9 Å². The van der Waals surface area contributed by atoms with Gasteiger partial charge in [-0.25, -0.2) is 9.98 Å². The number of ether oxygens (including phenoxy) is 1. The zero-order valence-corrected chi connectivity index (χ0v) is 19.3. The average Bonchev–Trinajstić information content (AvgIpc) is 3.07. The molecular formula is C19H29IN4OS. The third-order valence-corrected chi connectivity index (χ3v) is 4.87. The number of methoxy groups -OCH3 is 1. The lowest BCUT2D eigenvalue weighted by atomic mass is 9.98. The maximum absolute atomic E-state index is 5.18. The molecule has 1 aromatic heterocycles. The highest BCUT2D eigenvalue weighted by atomic mass is 127. The molecule has 0 atom stereocenters. The Hall–Kier alpha value is -1.35. The van der Waals surface area contributed by atoms with Crippen LogP contribution in [0.4, 0.5) is 0 Å². The van der Waals surface area contributed by atoms with Crippen LogP contribution in [0.2, 0.25) is 0 Å². The predicted octanol–water partition coefficient (Wildman–Crippen LogP) is 4.32. The zero-order valence-electron chi connectivity index (χ0n) is 16.1. The van der Waals surface area contributed by atoms with Gasteiger partial charge in [-0.2, -0.15) is 0 Å². The highest BCUT2D eigenvalue weighted by Crippen LogP contribution is 2.25. The minimum Gasteiger partial charge on any atom is -0.497 e. The Labute approximate surface area is 177 Å². The Morgan fingerprint density at radius 3 is 2.42 bits per heavy atom. The van der Waals surface area contributed by atoms with E-state index >= 15 is 0 Å². The maximum Gasteiger partial charge on any atom is 0.191 e. The van der Waals surface area contributed by atoms with Crippen molar-refractivity contribution in [2.24, 2.45) is 4.99 Å². The summed E-state index contributed by atoms with van der Waals surface area (Å²) in [6.07, 6.45) is 0. The van der Waals surface area contributed by atoms with Crippen molar-refractivity contribution in [3.63, 3.8) is 0 Å². The van der Waals surface area contributed by atoms with E-state index in [-0.39, 0.29) is 29.4 Å². The summed E-state index contributed by atoms with van der Waals surface area (Å²) in [6.45, 7) is 10.7. The zero-order chi connectivity index (χ0) is 18.3. The minimum absolute atomic E-state index is 0. The number of halogens is 1. The van der Waals surface area contributed by atoms with E-state index in [2.05, 4.69) is 48.7 Å². The van der Waals surface area contributed by atoms with Crippen LogP contribution in [0.15, 0.2) is 34.6 Å². The first-order valence-electron chi connectivity index (χ1n) is 8.52. The van der Waals surface area contributed by atoms with Crippen molar-refractivity contribution in [2.75, 3.05) is 13.7 Å². The number of rotatable bonds is 6. The van der Waals surface area contributed by atoms with Crippen LogP contribution in [0.5, 0.6) is 5.75 Å². The lowest BCUT2D eigenvalue weighted by Gasteiger charge is -2.14. The highest BCUT2D eigenvalue weighted by Gasteiger charge is 2.17. The Kier molecular flexibility index (Phi) is 9.35. The SMILES string of the molecule is CCNC(=NCc1ccc(OC)cc1)NCc1csc(C(C)(C)C)n1.I. The molecule has 2 aromatic rings. The number of aromatic nitrogens is 1. The molecular weight excluding hydrogens is 459 g/mol. The molecule has 0 aliphatic heterocycles. The number of thiazole rings is 1. The van der Waals surface area contributed by atoms with Gasteiger partial charge in [0.25, 0.3) is 0 Å². The van der Waals surface area contributed by atoms with Gasteiger partial charge in [-0.3, -0.25) is 0 Å². The Balaban J connectivity index is 0.00000338. The van der Waals surface area contributed by atoms with Crippen molar-refractivity contribution < 1.29 is 4.74 Å². The van der Waals surface area contributed by atoms with E-state index in [0.29, 0.717) is 13.1 Å². The second-order valence-corrected chi connectivity index (χ2v) is 7.65. The van der Waals surface area contributed by atoms with E-state index in [1.54, 1.807) is 18.4 Å². The van der Waals surface area contributed by atoms with Crippen molar-refractivity contribution >= 4 is 41.3 Å². The van der Waals surface area contributed by atoms with Gasteiger partial charge < -0.3 is 15.4 Å². The molecule has 5 nitrogen and oxygen atoms in total. The van der Waals surface area contributed by atoms with Gasteiger partial charge in [-0.1, -0.05) is 32.9 Å². The van der Waals surface area contributed by atoms with Crippen LogP contribution in [0, 0.1) is 0 Å². The number of nitrogens with one attached hydrogen (secondary N) is 2. The number of hydrogen-bond acceptors (Lipinski definition) is 4. The molecule has 2 rings (SSSR count). The first kappa shape index (κ1) is 22.7. The van der Waals surface area contributed by atoms with Crippen LogP contribution < -0.4 is 15.4 Å². The van der Waals surface area contributed by atoms with Gasteiger partial charge in [0.2, 0.25) is 0 Å². The Bertz CT molecular complexity index is 692. The molecule has 144 valence electrons. The first-order chi connectivity index (χ1) is 11.9. The lowest BCUT2D eigenvalue weighted by Crippen LogP contribution is -2.36. The molecule has 1 aromatic carbocycles. The molecule has 0 spiro atoms. The normalized spacial score (nSPS) is 11.7. The molecule has 0 bridgehead atoms. The average molecular weight is 488 g/mol. The van der Waals surface area contributed by atoms with Crippen LogP contribution in [0.1, 0.15) is 44.0 Å². The lowest BCUT2D eigenvalue weighted by molar-refractivity contribution is 0.414. The molecule has 0 amide bonds. The van der Waals surface area contributed by atoms with Crippen LogP contribution in [-0.2, 0) is 18.5 Å². The fraction of sp³-hybridized carbons (Fsp3) is 0.474. The van der Waals surface area contributed by atoms with E-state index in [9.17, 15) is 0 Å². The molecule has 26 heavy (non-hydrogen) atoms. The van der Waals surface area contributed by atoms with E-state index in [0.717, 1.165) is 34.5 Å². The number of guanidine groups is 1. The second kappa shape index (κ2) is 10.7. The van der Waals surface area contributed by atoms with Crippen LogP contribution >= 0.6 is 35.3 Å². The fourth-order valence-electron chi connectivity index (χ4n) is 2.15. The first-order valence-corrected chi connectivity index (χ1v) is 9.40. The number of benzene rings is 1. The third kappa shape index (κ3) is 7.11. The summed E-state index contributed by atoms with van der Waals surface area (Å²) in [5, 5.41) is 9.89. The molecule has 0 fully saturated rings. The van der Waals surface area contributed by atoms with Crippen LogP contribution in [0.3, 0.4) is 0 Å². The second-order valence-electron chi connectivity index (χ2n) is 6.79. The van der Waals surface area contributed by atoms with Crippen molar-refractivity contribution in [3.8, 4) is 5.75 Å². The summed E-state index contributed by atoms with van der Waals surface area (Å²) >= 11 is 1.71. The largest absolute Gasteiger partial charge is 0.497 e. The molecule has 0 aliphatic rings. The fourth-order valence-corrected chi connectivity index (χ4v) is 3.06. The van der Waals surface area contributed by atoms with Crippen molar-refractivity contribution in [2.45, 2.75) is 46.2 Å². The molecule has 0 saturated carbocycles. The van der Waals surface area contributed by atoms with E-state index in [4.69, 9.17) is 9.72 Å². The van der Waals surface area contributed by atoms with Gasteiger partial charge in [0.1, 0.15) is 5.75 Å². The topological polar surface area (TPSA) is 58.5 Å². The van der Waals surface area contributed by atoms with Crippen molar-refractivity contribution in [1.29, 1.82) is 0 Å². The van der Waals surface area contributed by atoms with E-state index < -0.39 is 0 Å². The minimum atomic E-state index is 0. The van der Waals surface area contributed by atoms with Crippen LogP contribution in [0.25, 0.3) is 0 Å². The summed E-state index contributed by atoms with van der Waals surface area (Å²) in [5.74, 6) is 1.65. The van der Waals surface area contributed by atoms with Gasteiger partial charge in [0.15, 0.2) is 5.96 Å². The van der Waals surface area contributed by atoms with E-state index in [1.165, 1.54) is 0 Å².